The van der Waals surface area contributed by atoms with Gasteiger partial charge in [-0.05, 0) is 12.3 Å². The molecule has 4 heteroatoms. The van der Waals surface area contributed by atoms with Crippen molar-refractivity contribution in [2.75, 3.05) is 40.8 Å². The van der Waals surface area contributed by atoms with E-state index in [1.165, 1.54) is 12.8 Å². The molecule has 0 fully saturated rings. The summed E-state index contributed by atoms with van der Waals surface area (Å²) in [6.07, 6.45) is 11.2. The molecule has 0 unspecified atom stereocenters. The van der Waals surface area contributed by atoms with Crippen molar-refractivity contribution in [2.24, 2.45) is 5.92 Å². The summed E-state index contributed by atoms with van der Waals surface area (Å²) in [4.78, 5) is 0. The Morgan fingerprint density at radius 2 is 1.26 bits per heavy atom. The number of nitrogens with zero attached hydrogens (tertiary/aromatic N) is 3. The van der Waals surface area contributed by atoms with Crippen molar-refractivity contribution < 1.29 is 21.7 Å². The van der Waals surface area contributed by atoms with Gasteiger partial charge in [0.2, 0.25) is 0 Å². The molecule has 1 aliphatic carbocycles. The molecule has 0 amide bonds. The zero-order valence-corrected chi connectivity index (χ0v) is 14.8. The van der Waals surface area contributed by atoms with Crippen LogP contribution in [0.2, 0.25) is 0 Å². The Balaban J connectivity index is -0.000000242. The molecule has 0 N–H and O–H groups in total. The monoisotopic (exact) mass is 300 g/mol. The molecule has 0 bridgehead atoms. The Morgan fingerprint density at radius 1 is 0.842 bits per heavy atom. The van der Waals surface area contributed by atoms with Gasteiger partial charge in [-0.1, -0.05) is 44.6 Å². The molecule has 1 aliphatic rings. The average Bonchev–Trinajstić information content (AvgIpc) is 2.93. The number of hydrogen-bond donors (Lipinski definition) is 0. The fourth-order valence-corrected chi connectivity index (χ4v) is 1.16. The SMILES string of the molecule is CC[N-]C.CC[N-]C.C[N-]CCCC1C=CC=C1.[Ti+3]. The maximum atomic E-state index is 4.05. The molecule has 0 aromatic carbocycles. The fraction of sp³-hybridized carbons (Fsp3) is 0.733. The van der Waals surface area contributed by atoms with Gasteiger partial charge < -0.3 is 16.0 Å². The zero-order chi connectivity index (χ0) is 14.1. The van der Waals surface area contributed by atoms with Crippen molar-refractivity contribution in [3.8, 4) is 0 Å². The second-order valence-corrected chi connectivity index (χ2v) is 3.88. The normalized spacial score (nSPS) is 12.1. The van der Waals surface area contributed by atoms with Crippen molar-refractivity contribution in [1.82, 2.24) is 0 Å². The average molecular weight is 300 g/mol. The van der Waals surface area contributed by atoms with Gasteiger partial charge in [0.25, 0.3) is 0 Å². The van der Waals surface area contributed by atoms with Crippen LogP contribution in [0.1, 0.15) is 26.7 Å². The molecule has 3 nitrogen and oxygen atoms in total. The molecule has 0 spiro atoms. The molecule has 0 aliphatic heterocycles. The van der Waals surface area contributed by atoms with Crippen molar-refractivity contribution in [3.63, 3.8) is 0 Å². The van der Waals surface area contributed by atoms with Gasteiger partial charge in [-0.3, -0.25) is 0 Å². The summed E-state index contributed by atoms with van der Waals surface area (Å²) in [6, 6.07) is 0. The minimum absolute atomic E-state index is 0. The molecule has 0 aromatic rings. The number of hydrogen-bond acceptors (Lipinski definition) is 0. The van der Waals surface area contributed by atoms with Gasteiger partial charge in [0.05, 0.1) is 0 Å². The van der Waals surface area contributed by atoms with E-state index >= 15 is 0 Å². The molecule has 0 heterocycles. The fourth-order valence-electron chi connectivity index (χ4n) is 1.16. The summed E-state index contributed by atoms with van der Waals surface area (Å²) in [6.45, 7) is 6.93. The summed E-state index contributed by atoms with van der Waals surface area (Å²) < 4.78 is 0. The molecular weight excluding hydrogens is 270 g/mol. The standard InChI is InChI=1S/C9H14N.2C3H8N.Ti/c1-10-8-4-7-9-5-2-3-6-9;2*1-3-4-2;/h2-3,5-6,9H,4,7-8H2,1H3;2*3H2,1-2H3;/q3*-1;+3. The third kappa shape index (κ3) is 23.6. The van der Waals surface area contributed by atoms with Crippen LogP contribution in [0.3, 0.4) is 0 Å². The molecule has 0 saturated carbocycles. The van der Waals surface area contributed by atoms with Crippen LogP contribution in [0.4, 0.5) is 0 Å². The molecule has 19 heavy (non-hydrogen) atoms. The van der Waals surface area contributed by atoms with Gasteiger partial charge in [0.1, 0.15) is 0 Å². The Labute approximate surface area is 135 Å². The van der Waals surface area contributed by atoms with Crippen LogP contribution in [-0.2, 0) is 21.7 Å². The second-order valence-electron chi connectivity index (χ2n) is 3.88. The van der Waals surface area contributed by atoms with Gasteiger partial charge in [-0.15, -0.1) is 6.54 Å². The van der Waals surface area contributed by atoms with Crippen LogP contribution in [0.15, 0.2) is 24.3 Å². The first kappa shape index (κ1) is 24.1. The van der Waals surface area contributed by atoms with E-state index in [4.69, 9.17) is 0 Å². The molecule has 1 radical (unpaired) electrons. The Kier molecular flexibility index (Phi) is 29.4. The van der Waals surface area contributed by atoms with Crippen LogP contribution in [0.25, 0.3) is 16.0 Å². The summed E-state index contributed by atoms with van der Waals surface area (Å²) >= 11 is 0. The van der Waals surface area contributed by atoms with Gasteiger partial charge >= 0.3 is 21.7 Å². The van der Waals surface area contributed by atoms with E-state index in [9.17, 15) is 0 Å². The molecule has 1 rings (SSSR count). The summed E-state index contributed by atoms with van der Waals surface area (Å²) in [7, 11) is 5.49. The van der Waals surface area contributed by atoms with Gasteiger partial charge in [-0.2, -0.15) is 34.2 Å². The zero-order valence-electron chi connectivity index (χ0n) is 13.3. The largest absolute Gasteiger partial charge is 3.00 e. The van der Waals surface area contributed by atoms with E-state index in [1.54, 1.807) is 14.1 Å². The number of rotatable bonds is 6. The third-order valence-corrected chi connectivity index (χ3v) is 2.38. The van der Waals surface area contributed by atoms with Crippen molar-refractivity contribution in [2.45, 2.75) is 26.7 Å². The smallest absolute Gasteiger partial charge is 0.665 e. The predicted molar refractivity (Wildman–Crippen MR) is 84.8 cm³/mol. The van der Waals surface area contributed by atoms with E-state index in [2.05, 4.69) is 40.3 Å². The second kappa shape index (κ2) is 23.2. The Hall–Kier alpha value is 0.0743. The van der Waals surface area contributed by atoms with Crippen LogP contribution in [0, 0.1) is 5.92 Å². The van der Waals surface area contributed by atoms with Gasteiger partial charge in [0, 0.05) is 0 Å². The summed E-state index contributed by atoms with van der Waals surface area (Å²) in [5.41, 5.74) is 0. The van der Waals surface area contributed by atoms with E-state index in [-0.39, 0.29) is 21.7 Å². The van der Waals surface area contributed by atoms with E-state index < -0.39 is 0 Å². The van der Waals surface area contributed by atoms with Gasteiger partial charge in [-0.25, -0.2) is 0 Å². The Morgan fingerprint density at radius 3 is 1.58 bits per heavy atom. The topological polar surface area (TPSA) is 42.3 Å². The van der Waals surface area contributed by atoms with E-state index in [0.29, 0.717) is 5.92 Å². The quantitative estimate of drug-likeness (QED) is 0.511. The first-order valence-electron chi connectivity index (χ1n) is 6.78. The third-order valence-electron chi connectivity index (χ3n) is 2.38. The first-order chi connectivity index (χ1) is 8.76. The molecule has 0 atom stereocenters. The van der Waals surface area contributed by atoms with Crippen LogP contribution >= 0.6 is 0 Å². The molecular formula is C15H30N3Ti. The maximum Gasteiger partial charge on any atom is 3.00 e. The molecule has 109 valence electrons. The van der Waals surface area contributed by atoms with Crippen LogP contribution in [0.5, 0.6) is 0 Å². The van der Waals surface area contributed by atoms with Crippen molar-refractivity contribution >= 4 is 0 Å². The van der Waals surface area contributed by atoms with Crippen LogP contribution in [-0.4, -0.2) is 40.8 Å². The molecule has 0 saturated heterocycles. The molecule has 0 aromatic heterocycles. The van der Waals surface area contributed by atoms with Crippen molar-refractivity contribution in [1.29, 1.82) is 0 Å². The minimum atomic E-state index is 0. The number of allylic oxidation sites excluding steroid dienone is 4. The van der Waals surface area contributed by atoms with Gasteiger partial charge in [0.15, 0.2) is 0 Å². The first-order valence-corrected chi connectivity index (χ1v) is 6.78. The van der Waals surface area contributed by atoms with Crippen LogP contribution < -0.4 is 0 Å². The Bertz CT molecular complexity index is 174. The van der Waals surface area contributed by atoms with E-state index in [1.807, 2.05) is 20.9 Å². The minimum Gasteiger partial charge on any atom is -0.665 e. The summed E-state index contributed by atoms with van der Waals surface area (Å²) in [5.74, 6) is 0.696. The van der Waals surface area contributed by atoms with E-state index in [0.717, 1.165) is 19.6 Å². The maximum absolute atomic E-state index is 4.05. The van der Waals surface area contributed by atoms with Crippen molar-refractivity contribution in [3.05, 3.63) is 40.3 Å². The predicted octanol–water partition coefficient (Wildman–Crippen LogP) is 4.53. The summed E-state index contributed by atoms with van der Waals surface area (Å²) in [5, 5.41) is 11.5.